The maximum absolute atomic E-state index is 5.82. The highest BCUT2D eigenvalue weighted by molar-refractivity contribution is 7.98. The Hall–Kier alpha value is -1.03. The Morgan fingerprint density at radius 3 is 2.82 bits per heavy atom. The molecule has 4 heteroatoms. The number of anilines is 2. The summed E-state index contributed by atoms with van der Waals surface area (Å²) in [7, 11) is 0. The van der Waals surface area contributed by atoms with Gasteiger partial charge in [0.25, 0.3) is 0 Å². The van der Waals surface area contributed by atoms with Gasteiger partial charge in [0.15, 0.2) is 0 Å². The van der Waals surface area contributed by atoms with Crippen molar-refractivity contribution in [2.24, 2.45) is 0 Å². The highest BCUT2D eigenvalue weighted by atomic mass is 32.2. The van der Waals surface area contributed by atoms with Gasteiger partial charge in [-0.05, 0) is 37.8 Å². The zero-order valence-electron chi connectivity index (χ0n) is 10.7. The summed E-state index contributed by atoms with van der Waals surface area (Å²) in [5, 5.41) is 3.37. The molecule has 0 atom stereocenters. The smallest absolute Gasteiger partial charge is 0.123 e. The van der Waals surface area contributed by atoms with Crippen molar-refractivity contribution in [1.82, 2.24) is 0 Å². The number of thioether (sulfide) groups is 1. The van der Waals surface area contributed by atoms with Crippen molar-refractivity contribution in [1.29, 1.82) is 0 Å². The van der Waals surface area contributed by atoms with Gasteiger partial charge in [0.2, 0.25) is 0 Å². The predicted octanol–water partition coefficient (Wildman–Crippen LogP) is 3.22. The molecule has 0 radical (unpaired) electrons. The minimum Gasteiger partial charge on any atom is -0.494 e. The lowest BCUT2D eigenvalue weighted by atomic mass is 10.2. The summed E-state index contributed by atoms with van der Waals surface area (Å²) in [6.07, 6.45) is 4.56. The average Bonchev–Trinajstić information content (AvgIpc) is 2.28. The third-order valence-corrected chi connectivity index (χ3v) is 3.04. The number of nitrogens with one attached hydrogen (secondary N) is 1. The summed E-state index contributed by atoms with van der Waals surface area (Å²) >= 11 is 1.89. The summed E-state index contributed by atoms with van der Waals surface area (Å²) in [6.45, 7) is 3.62. The van der Waals surface area contributed by atoms with Crippen LogP contribution in [0.25, 0.3) is 0 Å². The van der Waals surface area contributed by atoms with E-state index in [1.165, 1.54) is 18.6 Å². The first-order valence-electron chi connectivity index (χ1n) is 6.02. The van der Waals surface area contributed by atoms with Crippen molar-refractivity contribution in [3.8, 4) is 5.75 Å². The Morgan fingerprint density at radius 1 is 1.29 bits per heavy atom. The lowest BCUT2D eigenvalue weighted by Gasteiger charge is -2.10. The van der Waals surface area contributed by atoms with Gasteiger partial charge in [0.1, 0.15) is 5.75 Å². The van der Waals surface area contributed by atoms with Gasteiger partial charge in [-0.25, -0.2) is 0 Å². The van der Waals surface area contributed by atoms with E-state index in [1.807, 2.05) is 36.9 Å². The summed E-state index contributed by atoms with van der Waals surface area (Å²) < 4.78 is 5.45. The van der Waals surface area contributed by atoms with Gasteiger partial charge < -0.3 is 15.8 Å². The largest absolute Gasteiger partial charge is 0.494 e. The van der Waals surface area contributed by atoms with E-state index < -0.39 is 0 Å². The molecule has 1 rings (SSSR count). The molecule has 1 aromatic carbocycles. The van der Waals surface area contributed by atoms with E-state index in [9.17, 15) is 0 Å². The third kappa shape index (κ3) is 5.73. The fraction of sp³-hybridized carbons (Fsp3) is 0.538. The van der Waals surface area contributed by atoms with Crippen molar-refractivity contribution in [3.63, 3.8) is 0 Å². The van der Waals surface area contributed by atoms with Crippen LogP contribution in [0.2, 0.25) is 0 Å². The van der Waals surface area contributed by atoms with E-state index in [2.05, 4.69) is 11.6 Å². The number of hydrogen-bond donors (Lipinski definition) is 2. The fourth-order valence-electron chi connectivity index (χ4n) is 1.58. The summed E-state index contributed by atoms with van der Waals surface area (Å²) in [6, 6.07) is 5.79. The number of unbranched alkanes of at least 4 members (excludes halogenated alkanes) is 1. The van der Waals surface area contributed by atoms with Gasteiger partial charge in [0, 0.05) is 30.1 Å². The lowest BCUT2D eigenvalue weighted by molar-refractivity contribution is 0.340. The molecule has 0 saturated heterocycles. The molecule has 0 amide bonds. The highest BCUT2D eigenvalue weighted by Gasteiger charge is 1.99. The molecule has 0 spiro atoms. The molecule has 3 N–H and O–H groups in total. The van der Waals surface area contributed by atoms with Crippen molar-refractivity contribution < 1.29 is 4.74 Å². The lowest BCUT2D eigenvalue weighted by Crippen LogP contribution is -2.03. The van der Waals surface area contributed by atoms with Crippen LogP contribution in [0.3, 0.4) is 0 Å². The second kappa shape index (κ2) is 8.12. The summed E-state index contributed by atoms with van der Waals surface area (Å²) in [4.78, 5) is 0. The molecule has 0 aliphatic heterocycles. The van der Waals surface area contributed by atoms with Crippen LogP contribution in [0.15, 0.2) is 18.2 Å². The number of benzene rings is 1. The number of ether oxygens (including phenoxy) is 1. The molecule has 96 valence electrons. The van der Waals surface area contributed by atoms with E-state index in [4.69, 9.17) is 10.5 Å². The third-order valence-electron chi connectivity index (χ3n) is 2.34. The SMILES string of the molecule is CCOc1cc(N)cc(NCCCCSC)c1. The van der Waals surface area contributed by atoms with E-state index >= 15 is 0 Å². The van der Waals surface area contributed by atoms with Crippen LogP contribution in [0.5, 0.6) is 5.75 Å². The number of nitrogens with two attached hydrogens (primary N) is 1. The normalized spacial score (nSPS) is 10.2. The quantitative estimate of drug-likeness (QED) is 0.552. The number of rotatable bonds is 8. The number of nitrogen functional groups attached to an aromatic ring is 1. The fourth-order valence-corrected chi connectivity index (χ4v) is 2.07. The maximum atomic E-state index is 5.82. The first-order chi connectivity index (χ1) is 8.26. The molecule has 3 nitrogen and oxygen atoms in total. The zero-order chi connectivity index (χ0) is 12.5. The van der Waals surface area contributed by atoms with Crippen LogP contribution < -0.4 is 15.8 Å². The van der Waals surface area contributed by atoms with Crippen LogP contribution in [-0.4, -0.2) is 25.2 Å². The van der Waals surface area contributed by atoms with E-state index in [0.717, 1.165) is 23.7 Å². The van der Waals surface area contributed by atoms with Gasteiger partial charge in [-0.2, -0.15) is 11.8 Å². The number of hydrogen-bond acceptors (Lipinski definition) is 4. The summed E-state index contributed by atoms with van der Waals surface area (Å²) in [5.41, 5.74) is 7.60. The monoisotopic (exact) mass is 254 g/mol. The van der Waals surface area contributed by atoms with E-state index in [-0.39, 0.29) is 0 Å². The Morgan fingerprint density at radius 2 is 2.12 bits per heavy atom. The van der Waals surface area contributed by atoms with Crippen molar-refractivity contribution in [3.05, 3.63) is 18.2 Å². The van der Waals surface area contributed by atoms with Gasteiger partial charge in [-0.1, -0.05) is 0 Å². The maximum Gasteiger partial charge on any atom is 0.123 e. The van der Waals surface area contributed by atoms with E-state index in [0.29, 0.717) is 6.61 Å². The molecular formula is C13H22N2OS. The first kappa shape index (κ1) is 14.0. The van der Waals surface area contributed by atoms with Crippen LogP contribution in [-0.2, 0) is 0 Å². The van der Waals surface area contributed by atoms with Gasteiger partial charge in [-0.3, -0.25) is 0 Å². The standard InChI is InChI=1S/C13H22N2OS/c1-3-16-13-9-11(14)8-12(10-13)15-6-4-5-7-17-2/h8-10,15H,3-7,14H2,1-2H3. The van der Waals surface area contributed by atoms with Crippen molar-refractivity contribution >= 4 is 23.1 Å². The Bertz CT molecular complexity index is 331. The molecule has 0 unspecified atom stereocenters. The van der Waals surface area contributed by atoms with Gasteiger partial charge in [0.05, 0.1) is 6.61 Å². The van der Waals surface area contributed by atoms with Crippen molar-refractivity contribution in [2.45, 2.75) is 19.8 Å². The average molecular weight is 254 g/mol. The minimum atomic E-state index is 0.663. The second-order valence-electron chi connectivity index (χ2n) is 3.85. The first-order valence-corrected chi connectivity index (χ1v) is 7.41. The Balaban J connectivity index is 2.41. The Labute approximate surface area is 108 Å². The van der Waals surface area contributed by atoms with Crippen LogP contribution in [0.4, 0.5) is 11.4 Å². The molecule has 0 aliphatic carbocycles. The molecule has 0 aromatic heterocycles. The minimum absolute atomic E-state index is 0.663. The molecular weight excluding hydrogens is 232 g/mol. The molecule has 0 heterocycles. The van der Waals surface area contributed by atoms with E-state index in [1.54, 1.807) is 0 Å². The molecule has 1 aromatic rings. The molecule has 0 aliphatic rings. The Kier molecular flexibility index (Phi) is 6.70. The molecule has 0 saturated carbocycles. The summed E-state index contributed by atoms with van der Waals surface area (Å²) in [5.74, 6) is 2.06. The molecule has 0 fully saturated rings. The highest BCUT2D eigenvalue weighted by Crippen LogP contribution is 2.22. The zero-order valence-corrected chi connectivity index (χ0v) is 11.5. The van der Waals surface area contributed by atoms with Crippen LogP contribution in [0.1, 0.15) is 19.8 Å². The van der Waals surface area contributed by atoms with Crippen LogP contribution in [0, 0.1) is 0 Å². The van der Waals surface area contributed by atoms with Gasteiger partial charge in [-0.15, -0.1) is 0 Å². The molecule has 0 bridgehead atoms. The molecule has 17 heavy (non-hydrogen) atoms. The van der Waals surface area contributed by atoms with Crippen LogP contribution >= 0.6 is 11.8 Å². The van der Waals surface area contributed by atoms with Gasteiger partial charge >= 0.3 is 0 Å². The second-order valence-corrected chi connectivity index (χ2v) is 4.84. The van der Waals surface area contributed by atoms with Crippen molar-refractivity contribution in [2.75, 3.05) is 36.2 Å². The topological polar surface area (TPSA) is 47.3 Å². The predicted molar refractivity (Wildman–Crippen MR) is 78.1 cm³/mol.